The molecule has 0 aliphatic heterocycles. The summed E-state index contributed by atoms with van der Waals surface area (Å²) in [4.78, 5) is 0. The minimum Gasteiger partial charge on any atom is -0.486 e. The van der Waals surface area contributed by atoms with Gasteiger partial charge in [0.15, 0.2) is 5.82 Å². The van der Waals surface area contributed by atoms with Crippen molar-refractivity contribution in [2.75, 3.05) is 0 Å². The molecule has 1 N–H and O–H groups in total. The van der Waals surface area contributed by atoms with Crippen LogP contribution in [0.1, 0.15) is 11.4 Å². The molecular weight excluding hydrogens is 320 g/mol. The smallest absolute Gasteiger partial charge is 0.216 e. The van der Waals surface area contributed by atoms with Crippen molar-refractivity contribution >= 4 is 24.5 Å². The summed E-state index contributed by atoms with van der Waals surface area (Å²) in [6.45, 7) is 0.275. The lowest BCUT2D eigenvalue weighted by molar-refractivity contribution is 0.290. The lowest BCUT2D eigenvalue weighted by Crippen LogP contribution is -2.03. The number of aromatic amines is 1. The molecule has 0 radical (unpaired) electrons. The molecule has 120 valence electrons. The molecule has 2 aromatic carbocycles. The van der Waals surface area contributed by atoms with E-state index in [1.807, 2.05) is 72.8 Å². The van der Waals surface area contributed by atoms with Crippen LogP contribution >= 0.6 is 12.2 Å². The van der Waals surface area contributed by atoms with Crippen molar-refractivity contribution in [3.63, 3.8) is 0 Å². The minimum absolute atomic E-state index is 0.275. The number of nitrogens with zero attached hydrogens (tertiary/aromatic N) is 3. The molecule has 0 fully saturated rings. The average Bonchev–Trinajstić information content (AvgIpc) is 2.99. The Labute approximate surface area is 144 Å². The molecule has 0 atom stereocenters. The van der Waals surface area contributed by atoms with E-state index in [0.29, 0.717) is 10.6 Å². The van der Waals surface area contributed by atoms with Crippen LogP contribution in [0.4, 0.5) is 0 Å². The maximum Gasteiger partial charge on any atom is 0.216 e. The third kappa shape index (κ3) is 4.27. The van der Waals surface area contributed by atoms with Crippen LogP contribution in [0, 0.1) is 4.77 Å². The standard InChI is InChI=1S/C18H16N4OS/c24-18-21-20-17(14-23-16-11-5-2-6-12-16)22(18)19-13-7-10-15-8-3-1-4-9-15/h1-13H,14H2,(H,21,24)/b10-7+,19-13-. The summed E-state index contributed by atoms with van der Waals surface area (Å²) in [5.74, 6) is 1.37. The number of hydrogen-bond donors (Lipinski definition) is 1. The highest BCUT2D eigenvalue weighted by molar-refractivity contribution is 7.71. The average molecular weight is 336 g/mol. The second-order valence-electron chi connectivity index (χ2n) is 4.89. The first kappa shape index (κ1) is 15.9. The van der Waals surface area contributed by atoms with Crippen molar-refractivity contribution in [3.8, 4) is 5.75 Å². The van der Waals surface area contributed by atoms with Crippen LogP contribution < -0.4 is 4.74 Å². The monoisotopic (exact) mass is 336 g/mol. The Balaban J connectivity index is 1.67. The van der Waals surface area contributed by atoms with Gasteiger partial charge in [-0.25, -0.2) is 5.10 Å². The largest absolute Gasteiger partial charge is 0.486 e. The van der Waals surface area contributed by atoms with E-state index in [1.54, 1.807) is 10.9 Å². The highest BCUT2D eigenvalue weighted by Gasteiger charge is 2.05. The van der Waals surface area contributed by atoms with E-state index < -0.39 is 0 Å². The molecule has 1 aromatic heterocycles. The van der Waals surface area contributed by atoms with Crippen molar-refractivity contribution in [2.45, 2.75) is 6.61 Å². The van der Waals surface area contributed by atoms with Crippen LogP contribution in [0.5, 0.6) is 5.75 Å². The number of ether oxygens (including phenoxy) is 1. The van der Waals surface area contributed by atoms with Crippen LogP contribution in [0.3, 0.4) is 0 Å². The van der Waals surface area contributed by atoms with Gasteiger partial charge in [-0.1, -0.05) is 54.6 Å². The summed E-state index contributed by atoms with van der Waals surface area (Å²) in [5, 5.41) is 11.2. The van der Waals surface area contributed by atoms with Crippen molar-refractivity contribution in [1.82, 2.24) is 14.9 Å². The Morgan fingerprint density at radius 2 is 1.79 bits per heavy atom. The van der Waals surface area contributed by atoms with E-state index in [4.69, 9.17) is 17.0 Å². The maximum absolute atomic E-state index is 5.68. The van der Waals surface area contributed by atoms with E-state index in [1.165, 1.54) is 0 Å². The fourth-order valence-corrected chi connectivity index (χ4v) is 2.22. The molecular formula is C18H16N4OS. The first-order valence-electron chi connectivity index (χ1n) is 7.43. The third-order valence-electron chi connectivity index (χ3n) is 3.19. The maximum atomic E-state index is 5.68. The molecule has 0 bridgehead atoms. The molecule has 6 heteroatoms. The van der Waals surface area contributed by atoms with Crippen molar-refractivity contribution in [2.24, 2.45) is 5.10 Å². The number of hydrogen-bond acceptors (Lipinski definition) is 4. The fourth-order valence-electron chi connectivity index (χ4n) is 2.02. The summed E-state index contributed by atoms with van der Waals surface area (Å²) < 4.78 is 7.65. The first-order valence-corrected chi connectivity index (χ1v) is 7.84. The zero-order chi connectivity index (χ0) is 16.6. The van der Waals surface area contributed by atoms with Crippen LogP contribution in [0.25, 0.3) is 6.08 Å². The number of benzene rings is 2. The van der Waals surface area contributed by atoms with E-state index in [9.17, 15) is 0 Å². The highest BCUT2D eigenvalue weighted by atomic mass is 32.1. The molecule has 0 spiro atoms. The first-order chi connectivity index (χ1) is 11.8. The van der Waals surface area contributed by atoms with Crippen molar-refractivity contribution in [1.29, 1.82) is 0 Å². The molecule has 0 saturated carbocycles. The number of para-hydroxylation sites is 1. The molecule has 24 heavy (non-hydrogen) atoms. The molecule has 5 nitrogen and oxygen atoms in total. The summed E-state index contributed by atoms with van der Waals surface area (Å²) in [7, 11) is 0. The molecule has 0 amide bonds. The topological polar surface area (TPSA) is 55.2 Å². The molecule has 0 aliphatic rings. The lowest BCUT2D eigenvalue weighted by atomic mass is 10.2. The predicted octanol–water partition coefficient (Wildman–Crippen LogP) is 4.07. The van der Waals surface area contributed by atoms with Gasteiger partial charge in [-0.15, -0.1) is 0 Å². The summed E-state index contributed by atoms with van der Waals surface area (Å²) >= 11 is 5.20. The van der Waals surface area contributed by atoms with Gasteiger partial charge in [0.25, 0.3) is 0 Å². The van der Waals surface area contributed by atoms with Crippen LogP contribution in [-0.2, 0) is 6.61 Å². The van der Waals surface area contributed by atoms with E-state index in [0.717, 1.165) is 11.3 Å². The van der Waals surface area contributed by atoms with Gasteiger partial charge in [-0.2, -0.15) is 14.9 Å². The van der Waals surface area contributed by atoms with Gasteiger partial charge >= 0.3 is 0 Å². The van der Waals surface area contributed by atoms with Crippen LogP contribution in [0.15, 0.2) is 71.8 Å². The zero-order valence-electron chi connectivity index (χ0n) is 12.9. The van der Waals surface area contributed by atoms with E-state index in [2.05, 4.69) is 15.3 Å². The van der Waals surface area contributed by atoms with Crippen molar-refractivity contribution in [3.05, 3.63) is 82.9 Å². The molecule has 3 rings (SSSR count). The summed E-state index contributed by atoms with van der Waals surface area (Å²) in [6.07, 6.45) is 5.49. The third-order valence-corrected chi connectivity index (χ3v) is 3.45. The van der Waals surface area contributed by atoms with Gasteiger partial charge in [-0.3, -0.25) is 0 Å². The van der Waals surface area contributed by atoms with Crippen LogP contribution in [0.2, 0.25) is 0 Å². The molecule has 0 aliphatic carbocycles. The Hall–Kier alpha value is -2.99. The fraction of sp³-hybridized carbons (Fsp3) is 0.0556. The highest BCUT2D eigenvalue weighted by Crippen LogP contribution is 2.10. The number of rotatable bonds is 6. The molecule has 1 heterocycles. The Morgan fingerprint density at radius 3 is 2.54 bits per heavy atom. The van der Waals surface area contributed by atoms with Gasteiger partial charge in [0.2, 0.25) is 4.77 Å². The number of aromatic nitrogens is 3. The normalized spacial score (nSPS) is 11.3. The molecule has 3 aromatic rings. The van der Waals surface area contributed by atoms with Gasteiger partial charge in [0.1, 0.15) is 12.4 Å². The van der Waals surface area contributed by atoms with Gasteiger partial charge in [0, 0.05) is 6.21 Å². The lowest BCUT2D eigenvalue weighted by Gasteiger charge is -2.04. The summed E-state index contributed by atoms with van der Waals surface area (Å²) in [5.41, 5.74) is 1.10. The summed E-state index contributed by atoms with van der Waals surface area (Å²) in [6, 6.07) is 19.5. The minimum atomic E-state index is 0.275. The Bertz CT molecular complexity index is 882. The van der Waals surface area contributed by atoms with Crippen LogP contribution in [-0.4, -0.2) is 21.1 Å². The predicted molar refractivity (Wildman–Crippen MR) is 97.6 cm³/mol. The van der Waals surface area contributed by atoms with E-state index in [-0.39, 0.29) is 6.61 Å². The quantitative estimate of drug-likeness (QED) is 0.545. The second kappa shape index (κ2) is 8.03. The van der Waals surface area contributed by atoms with Gasteiger partial charge in [0.05, 0.1) is 0 Å². The second-order valence-corrected chi connectivity index (χ2v) is 5.28. The number of nitrogens with one attached hydrogen (secondary N) is 1. The van der Waals surface area contributed by atoms with Gasteiger partial charge in [-0.05, 0) is 36.0 Å². The van der Waals surface area contributed by atoms with Crippen molar-refractivity contribution < 1.29 is 4.74 Å². The number of allylic oxidation sites excluding steroid dienone is 1. The molecule has 0 unspecified atom stereocenters. The Morgan fingerprint density at radius 1 is 1.08 bits per heavy atom. The SMILES string of the molecule is S=c1[nH]nc(COc2ccccc2)n1/N=C\C=C\c1ccccc1. The Kier molecular flexibility index (Phi) is 5.32. The van der Waals surface area contributed by atoms with Gasteiger partial charge < -0.3 is 4.74 Å². The van der Waals surface area contributed by atoms with E-state index >= 15 is 0 Å². The molecule has 0 saturated heterocycles. The number of H-pyrrole nitrogens is 1. The zero-order valence-corrected chi connectivity index (χ0v) is 13.7.